The Balaban J connectivity index is 3.17. The van der Waals surface area contributed by atoms with Crippen LogP contribution in [0.25, 0.3) is 0 Å². The summed E-state index contributed by atoms with van der Waals surface area (Å²) < 4.78 is 21.9. The van der Waals surface area contributed by atoms with Gasteiger partial charge in [-0.3, -0.25) is 0 Å². The lowest BCUT2D eigenvalue weighted by Gasteiger charge is -2.26. The molecule has 0 heterocycles. The average Bonchev–Trinajstić information content (AvgIpc) is 2.48. The second-order valence-electron chi connectivity index (χ2n) is 5.05. The molecule has 0 aliphatic rings. The number of ether oxygens (including phenoxy) is 4. The summed E-state index contributed by atoms with van der Waals surface area (Å²) in [5.74, 6) is 0. The Labute approximate surface area is 124 Å². The maximum Gasteiger partial charge on any atom is 0.0774 e. The van der Waals surface area contributed by atoms with Gasteiger partial charge in [0.15, 0.2) is 0 Å². The Morgan fingerprint density at radius 2 is 1.30 bits per heavy atom. The Morgan fingerprint density at radius 3 is 1.75 bits per heavy atom. The molecule has 0 aliphatic heterocycles. The third-order valence-electron chi connectivity index (χ3n) is 3.24. The lowest BCUT2D eigenvalue weighted by molar-refractivity contribution is -0.0600. The van der Waals surface area contributed by atoms with Crippen LogP contribution in [0.4, 0.5) is 0 Å². The molecule has 5 heteroatoms. The van der Waals surface area contributed by atoms with Crippen molar-refractivity contribution < 1.29 is 18.9 Å². The van der Waals surface area contributed by atoms with Gasteiger partial charge < -0.3 is 24.7 Å². The third-order valence-corrected chi connectivity index (χ3v) is 3.24. The van der Waals surface area contributed by atoms with Gasteiger partial charge in [0.05, 0.1) is 45.2 Å². The summed E-state index contributed by atoms with van der Waals surface area (Å²) >= 11 is 0. The Kier molecular flexibility index (Phi) is 13.6. The average molecular weight is 291 g/mol. The van der Waals surface area contributed by atoms with Crippen LogP contribution in [-0.2, 0) is 18.9 Å². The fourth-order valence-electron chi connectivity index (χ4n) is 1.44. The summed E-state index contributed by atoms with van der Waals surface area (Å²) in [7, 11) is 0. The molecule has 0 aromatic rings. The molecule has 0 spiro atoms. The minimum absolute atomic E-state index is 0.227. The van der Waals surface area contributed by atoms with E-state index in [0.717, 1.165) is 25.9 Å². The normalized spacial score (nSPS) is 14.4. The van der Waals surface area contributed by atoms with Gasteiger partial charge in [-0.2, -0.15) is 0 Å². The van der Waals surface area contributed by atoms with Crippen LogP contribution < -0.4 is 5.73 Å². The summed E-state index contributed by atoms with van der Waals surface area (Å²) in [6, 6.07) is 0. The Bertz CT molecular complexity index is 198. The van der Waals surface area contributed by atoms with E-state index in [9.17, 15) is 0 Å². The van der Waals surface area contributed by atoms with Crippen LogP contribution in [-0.4, -0.2) is 58.4 Å². The van der Waals surface area contributed by atoms with Crippen molar-refractivity contribution in [3.05, 3.63) is 0 Å². The molecule has 1 unspecified atom stereocenters. The van der Waals surface area contributed by atoms with Gasteiger partial charge in [0.2, 0.25) is 0 Å². The van der Waals surface area contributed by atoms with E-state index in [1.807, 2.05) is 6.92 Å². The first-order chi connectivity index (χ1) is 9.68. The van der Waals surface area contributed by atoms with Gasteiger partial charge in [0.1, 0.15) is 0 Å². The van der Waals surface area contributed by atoms with Crippen molar-refractivity contribution in [3.8, 4) is 0 Å². The first-order valence-electron chi connectivity index (χ1n) is 7.75. The van der Waals surface area contributed by atoms with Gasteiger partial charge >= 0.3 is 0 Å². The van der Waals surface area contributed by atoms with Gasteiger partial charge in [-0.05, 0) is 19.8 Å². The van der Waals surface area contributed by atoms with E-state index in [1.54, 1.807) is 0 Å². The Hall–Kier alpha value is -0.200. The number of hydrogen-bond donors (Lipinski definition) is 1. The molecule has 0 fully saturated rings. The monoisotopic (exact) mass is 291 g/mol. The Morgan fingerprint density at radius 1 is 0.800 bits per heavy atom. The van der Waals surface area contributed by atoms with E-state index in [2.05, 4.69) is 13.8 Å². The SMILES string of the molecule is CCCCOCCOCCOCCOC(C)(CC)CN. The standard InChI is InChI=1S/C15H33NO4/c1-4-6-7-17-8-9-18-10-11-19-12-13-20-15(3,5-2)14-16/h4-14,16H2,1-3H3. The topological polar surface area (TPSA) is 62.9 Å². The zero-order valence-corrected chi connectivity index (χ0v) is 13.5. The summed E-state index contributed by atoms with van der Waals surface area (Å²) in [5.41, 5.74) is 5.43. The quantitative estimate of drug-likeness (QED) is 0.467. The second-order valence-corrected chi connectivity index (χ2v) is 5.05. The van der Waals surface area contributed by atoms with Crippen molar-refractivity contribution in [2.24, 2.45) is 5.73 Å². The predicted molar refractivity (Wildman–Crippen MR) is 81.1 cm³/mol. The van der Waals surface area contributed by atoms with E-state index >= 15 is 0 Å². The zero-order chi connectivity index (χ0) is 15.1. The van der Waals surface area contributed by atoms with Crippen molar-refractivity contribution in [1.82, 2.24) is 0 Å². The molecule has 0 saturated heterocycles. The molecular weight excluding hydrogens is 258 g/mol. The second kappa shape index (κ2) is 13.8. The van der Waals surface area contributed by atoms with Crippen molar-refractivity contribution >= 4 is 0 Å². The van der Waals surface area contributed by atoms with E-state index in [1.165, 1.54) is 0 Å². The van der Waals surface area contributed by atoms with Crippen LogP contribution in [0, 0.1) is 0 Å². The molecule has 5 nitrogen and oxygen atoms in total. The van der Waals surface area contributed by atoms with E-state index < -0.39 is 0 Å². The highest BCUT2D eigenvalue weighted by Gasteiger charge is 2.19. The maximum absolute atomic E-state index is 5.70. The molecule has 0 rings (SSSR count). The van der Waals surface area contributed by atoms with Gasteiger partial charge in [0.25, 0.3) is 0 Å². The third kappa shape index (κ3) is 11.6. The first kappa shape index (κ1) is 19.8. The van der Waals surface area contributed by atoms with E-state index in [4.69, 9.17) is 24.7 Å². The highest BCUT2D eigenvalue weighted by atomic mass is 16.6. The molecule has 0 aromatic carbocycles. The van der Waals surface area contributed by atoms with Crippen molar-refractivity contribution in [1.29, 1.82) is 0 Å². The fraction of sp³-hybridized carbons (Fsp3) is 1.00. The lowest BCUT2D eigenvalue weighted by atomic mass is 10.0. The number of hydrogen-bond acceptors (Lipinski definition) is 5. The van der Waals surface area contributed by atoms with Crippen LogP contribution in [0.1, 0.15) is 40.0 Å². The molecule has 0 radical (unpaired) electrons. The number of unbranched alkanes of at least 4 members (excludes halogenated alkanes) is 1. The molecule has 0 amide bonds. The lowest BCUT2D eigenvalue weighted by Crippen LogP contribution is -2.37. The fourth-order valence-corrected chi connectivity index (χ4v) is 1.44. The summed E-state index contributed by atoms with van der Waals surface area (Å²) in [4.78, 5) is 0. The molecule has 20 heavy (non-hydrogen) atoms. The minimum atomic E-state index is -0.227. The molecular formula is C15H33NO4. The molecule has 0 bridgehead atoms. The smallest absolute Gasteiger partial charge is 0.0774 e. The van der Waals surface area contributed by atoms with Gasteiger partial charge in [0, 0.05) is 13.2 Å². The highest BCUT2D eigenvalue weighted by Crippen LogP contribution is 2.12. The summed E-state index contributed by atoms with van der Waals surface area (Å²) in [6.07, 6.45) is 3.19. The highest BCUT2D eigenvalue weighted by molar-refractivity contribution is 4.73. The molecule has 2 N–H and O–H groups in total. The zero-order valence-electron chi connectivity index (χ0n) is 13.5. The largest absolute Gasteiger partial charge is 0.379 e. The summed E-state index contributed by atoms with van der Waals surface area (Å²) in [6.45, 7) is 11.2. The van der Waals surface area contributed by atoms with Gasteiger partial charge in [-0.1, -0.05) is 20.3 Å². The molecule has 0 saturated carbocycles. The van der Waals surface area contributed by atoms with E-state index in [-0.39, 0.29) is 5.60 Å². The predicted octanol–water partition coefficient (Wildman–Crippen LogP) is 1.98. The van der Waals surface area contributed by atoms with Crippen LogP contribution in [0.5, 0.6) is 0 Å². The number of nitrogens with two attached hydrogens (primary N) is 1. The van der Waals surface area contributed by atoms with Crippen molar-refractivity contribution in [2.45, 2.75) is 45.6 Å². The van der Waals surface area contributed by atoms with Crippen LogP contribution in [0.2, 0.25) is 0 Å². The molecule has 0 aliphatic carbocycles. The number of rotatable bonds is 15. The molecule has 0 aromatic heterocycles. The molecule has 1 atom stereocenters. The minimum Gasteiger partial charge on any atom is -0.379 e. The van der Waals surface area contributed by atoms with Crippen molar-refractivity contribution in [2.75, 3.05) is 52.8 Å². The summed E-state index contributed by atoms with van der Waals surface area (Å²) in [5, 5.41) is 0. The van der Waals surface area contributed by atoms with Gasteiger partial charge in [-0.15, -0.1) is 0 Å². The molecule has 122 valence electrons. The van der Waals surface area contributed by atoms with Crippen molar-refractivity contribution in [3.63, 3.8) is 0 Å². The van der Waals surface area contributed by atoms with Crippen LogP contribution in [0.3, 0.4) is 0 Å². The maximum atomic E-state index is 5.70. The van der Waals surface area contributed by atoms with E-state index in [0.29, 0.717) is 46.2 Å². The van der Waals surface area contributed by atoms with Crippen LogP contribution in [0.15, 0.2) is 0 Å². The van der Waals surface area contributed by atoms with Gasteiger partial charge in [-0.25, -0.2) is 0 Å². The van der Waals surface area contributed by atoms with Crippen LogP contribution >= 0.6 is 0 Å². The first-order valence-corrected chi connectivity index (χ1v) is 7.75.